The quantitative estimate of drug-likeness (QED) is 0.144. The summed E-state index contributed by atoms with van der Waals surface area (Å²) in [5.74, 6) is -0.412. The Morgan fingerprint density at radius 1 is 0.875 bits per heavy atom. The minimum absolute atomic E-state index is 0.122. The van der Waals surface area contributed by atoms with Gasteiger partial charge in [0.05, 0.1) is 12.7 Å². The second-order valence-corrected chi connectivity index (χ2v) is 7.82. The average Bonchev–Trinajstić information content (AvgIpc) is 2.82. The van der Waals surface area contributed by atoms with Crippen molar-refractivity contribution in [3.05, 3.63) is 72.4 Å². The van der Waals surface area contributed by atoms with Crippen LogP contribution in [0.1, 0.15) is 87.9 Å². The molecule has 0 heterocycles. The Morgan fingerprint density at radius 3 is 2.28 bits per heavy atom. The van der Waals surface area contributed by atoms with E-state index in [2.05, 4.69) is 48.1 Å². The Balaban J connectivity index is 2.39. The maximum atomic E-state index is 12.4. The second kappa shape index (κ2) is 19.1. The summed E-state index contributed by atoms with van der Waals surface area (Å²) in [5, 5.41) is 0. The van der Waals surface area contributed by atoms with Gasteiger partial charge in [0.15, 0.2) is 0 Å². The van der Waals surface area contributed by atoms with Crippen molar-refractivity contribution in [2.24, 2.45) is 0 Å². The van der Waals surface area contributed by atoms with Gasteiger partial charge in [0.1, 0.15) is 6.10 Å². The van der Waals surface area contributed by atoms with Crippen molar-refractivity contribution in [1.29, 1.82) is 0 Å². The van der Waals surface area contributed by atoms with E-state index in [9.17, 15) is 9.59 Å². The van der Waals surface area contributed by atoms with Gasteiger partial charge in [-0.25, -0.2) is 4.79 Å². The first-order valence-corrected chi connectivity index (χ1v) is 11.9. The molecule has 0 aliphatic carbocycles. The third-order valence-electron chi connectivity index (χ3n) is 5.06. The number of rotatable bonds is 17. The molecule has 0 aliphatic heterocycles. The lowest BCUT2D eigenvalue weighted by Gasteiger charge is -2.16. The lowest BCUT2D eigenvalue weighted by molar-refractivity contribution is -0.140. The lowest BCUT2D eigenvalue weighted by atomic mass is 10.1. The number of allylic oxidation sites excluding steroid dienone is 5. The first-order valence-electron chi connectivity index (χ1n) is 11.9. The molecule has 0 N–H and O–H groups in total. The Bertz CT molecular complexity index is 703. The fraction of sp³-hybridized carbons (Fsp3) is 0.500. The number of carbonyl (C=O) groups is 2. The highest BCUT2D eigenvalue weighted by atomic mass is 16.5. The topological polar surface area (TPSA) is 52.6 Å². The highest BCUT2D eigenvalue weighted by Crippen LogP contribution is 2.13. The van der Waals surface area contributed by atoms with Crippen LogP contribution in [-0.4, -0.2) is 25.2 Å². The molecule has 0 saturated carbocycles. The predicted octanol–water partition coefficient (Wildman–Crippen LogP) is 7.36. The van der Waals surface area contributed by atoms with E-state index < -0.39 is 0 Å². The predicted molar refractivity (Wildman–Crippen MR) is 132 cm³/mol. The van der Waals surface area contributed by atoms with Crippen molar-refractivity contribution in [1.82, 2.24) is 0 Å². The van der Waals surface area contributed by atoms with Crippen molar-refractivity contribution in [2.45, 2.75) is 83.7 Å². The van der Waals surface area contributed by atoms with Crippen molar-refractivity contribution in [3.8, 4) is 0 Å². The smallest absolute Gasteiger partial charge is 0.338 e. The number of ether oxygens (including phenoxy) is 2. The summed E-state index contributed by atoms with van der Waals surface area (Å²) in [6.07, 6.45) is 22.9. The Morgan fingerprint density at radius 2 is 1.56 bits per heavy atom. The van der Waals surface area contributed by atoms with Gasteiger partial charge in [-0.15, -0.1) is 0 Å². The molecule has 32 heavy (non-hydrogen) atoms. The molecule has 1 aromatic rings. The van der Waals surface area contributed by atoms with Crippen LogP contribution in [0, 0.1) is 0 Å². The molecule has 0 fully saturated rings. The van der Waals surface area contributed by atoms with Gasteiger partial charge in [0, 0.05) is 12.8 Å². The molecular formula is C28H40O4. The zero-order chi connectivity index (χ0) is 23.3. The summed E-state index contributed by atoms with van der Waals surface area (Å²) < 4.78 is 10.4. The summed E-state index contributed by atoms with van der Waals surface area (Å²) in [7, 11) is 1.42. The third kappa shape index (κ3) is 14.4. The molecule has 1 atom stereocenters. The molecule has 1 rings (SSSR count). The van der Waals surface area contributed by atoms with Gasteiger partial charge < -0.3 is 9.47 Å². The first kappa shape index (κ1) is 27.4. The molecule has 0 radical (unpaired) electrons. The minimum Gasteiger partial charge on any atom is -0.469 e. The van der Waals surface area contributed by atoms with E-state index in [0.29, 0.717) is 12.0 Å². The molecule has 0 unspecified atom stereocenters. The molecule has 0 spiro atoms. The van der Waals surface area contributed by atoms with Crippen LogP contribution in [0.3, 0.4) is 0 Å². The summed E-state index contributed by atoms with van der Waals surface area (Å²) in [6.45, 7) is 2.21. The molecule has 176 valence electrons. The number of hydrogen-bond donors (Lipinski definition) is 0. The summed E-state index contributed by atoms with van der Waals surface area (Å²) >= 11 is 0. The summed E-state index contributed by atoms with van der Waals surface area (Å²) in [5.41, 5.74) is 0.595. The highest BCUT2D eigenvalue weighted by Gasteiger charge is 2.14. The maximum absolute atomic E-state index is 12.4. The van der Waals surface area contributed by atoms with Crippen LogP contribution < -0.4 is 0 Å². The van der Waals surface area contributed by atoms with Crippen molar-refractivity contribution < 1.29 is 19.1 Å². The molecule has 0 aliphatic rings. The fourth-order valence-electron chi connectivity index (χ4n) is 3.15. The van der Waals surface area contributed by atoms with E-state index in [1.54, 1.807) is 12.1 Å². The second-order valence-electron chi connectivity index (χ2n) is 7.82. The van der Waals surface area contributed by atoms with Crippen LogP contribution in [0.4, 0.5) is 0 Å². The van der Waals surface area contributed by atoms with E-state index in [0.717, 1.165) is 44.9 Å². The molecule has 0 aromatic heterocycles. The van der Waals surface area contributed by atoms with Gasteiger partial charge in [0.2, 0.25) is 0 Å². The number of unbranched alkanes of at least 4 members (excludes halogenated alkanes) is 4. The van der Waals surface area contributed by atoms with Crippen molar-refractivity contribution in [3.63, 3.8) is 0 Å². The van der Waals surface area contributed by atoms with Crippen LogP contribution in [0.15, 0.2) is 66.8 Å². The van der Waals surface area contributed by atoms with E-state index >= 15 is 0 Å². The molecule has 1 aromatic carbocycles. The minimum atomic E-state index is -0.256. The number of methoxy groups -OCH3 is 1. The summed E-state index contributed by atoms with van der Waals surface area (Å²) in [4.78, 5) is 23.5. The van der Waals surface area contributed by atoms with Crippen molar-refractivity contribution in [2.75, 3.05) is 7.11 Å². The number of hydrogen-bond acceptors (Lipinski definition) is 4. The van der Waals surface area contributed by atoms with Crippen LogP contribution >= 0.6 is 0 Å². The first-order chi connectivity index (χ1) is 15.7. The molecule has 4 nitrogen and oxygen atoms in total. The molecule has 0 bridgehead atoms. The largest absolute Gasteiger partial charge is 0.469 e. The van der Waals surface area contributed by atoms with Crippen LogP contribution in [0.5, 0.6) is 0 Å². The number of carbonyl (C=O) groups excluding carboxylic acids is 2. The van der Waals surface area contributed by atoms with E-state index in [-0.39, 0.29) is 18.0 Å². The third-order valence-corrected chi connectivity index (χ3v) is 5.06. The van der Waals surface area contributed by atoms with Crippen LogP contribution in [0.2, 0.25) is 0 Å². The maximum Gasteiger partial charge on any atom is 0.338 e. The molecular weight excluding hydrogens is 400 g/mol. The van der Waals surface area contributed by atoms with E-state index in [4.69, 9.17) is 4.74 Å². The average molecular weight is 441 g/mol. The van der Waals surface area contributed by atoms with Gasteiger partial charge >= 0.3 is 11.9 Å². The zero-order valence-electron chi connectivity index (χ0n) is 19.8. The van der Waals surface area contributed by atoms with Crippen LogP contribution in [0.25, 0.3) is 0 Å². The Kier molecular flexibility index (Phi) is 16.4. The zero-order valence-corrected chi connectivity index (χ0v) is 19.8. The molecule has 0 saturated heterocycles. The van der Waals surface area contributed by atoms with Gasteiger partial charge in [-0.3, -0.25) is 4.79 Å². The van der Waals surface area contributed by atoms with Gasteiger partial charge in [-0.05, 0) is 57.1 Å². The molecule has 4 heteroatoms. The normalized spacial score (nSPS) is 12.6. The van der Waals surface area contributed by atoms with E-state index in [1.807, 2.05) is 18.2 Å². The summed E-state index contributed by atoms with van der Waals surface area (Å²) in [6, 6.07) is 9.18. The van der Waals surface area contributed by atoms with E-state index in [1.165, 1.54) is 26.4 Å². The van der Waals surface area contributed by atoms with Gasteiger partial charge in [0.25, 0.3) is 0 Å². The lowest BCUT2D eigenvalue weighted by Crippen LogP contribution is -2.17. The van der Waals surface area contributed by atoms with Crippen molar-refractivity contribution >= 4 is 11.9 Å². The number of benzene rings is 1. The highest BCUT2D eigenvalue weighted by molar-refractivity contribution is 5.89. The molecule has 0 amide bonds. The standard InChI is InChI=1S/C28H40O4/c1-3-4-5-6-11-17-22-26(32-28(30)25-20-15-14-16-21-25)23-18-12-9-7-8-10-13-19-24-27(29)31-2/h8-12,14-17,20-21,26H,3-7,13,18-19,22-24H2,1-2H3/b10-8-,12-9-,17-11-/t26-/m0/s1. The Labute approximate surface area is 194 Å². The monoisotopic (exact) mass is 440 g/mol. The SMILES string of the molecule is CCCCC/C=C\C[C@@H](CC/C=C\C/C=C\CCCC(=O)OC)OC(=O)c1ccccc1. The number of esters is 2. The Hall–Kier alpha value is -2.62. The fourth-order valence-corrected chi connectivity index (χ4v) is 3.15. The van der Waals surface area contributed by atoms with Gasteiger partial charge in [-0.1, -0.05) is 74.4 Å². The van der Waals surface area contributed by atoms with Gasteiger partial charge in [-0.2, -0.15) is 0 Å². The van der Waals surface area contributed by atoms with Crippen LogP contribution in [-0.2, 0) is 14.3 Å².